The first-order chi connectivity index (χ1) is 14.1. The van der Waals surface area contributed by atoms with E-state index in [-0.39, 0.29) is 6.61 Å². The second-order valence-corrected chi connectivity index (χ2v) is 9.18. The molecule has 3 rings (SSSR count). The number of ether oxygens (including phenoxy) is 2. The maximum atomic E-state index is 6.25. The Balaban J connectivity index is 1.66. The molecule has 0 spiro atoms. The molecule has 158 valence electrons. The van der Waals surface area contributed by atoms with Crippen LogP contribution >= 0.6 is 39.1 Å². The van der Waals surface area contributed by atoms with E-state index in [1.165, 1.54) is 44.9 Å². The second kappa shape index (κ2) is 11.5. The number of rotatable bonds is 7. The first-order valence-corrected chi connectivity index (χ1v) is 11.8. The van der Waals surface area contributed by atoms with Gasteiger partial charge in [-0.3, -0.25) is 0 Å². The van der Waals surface area contributed by atoms with Gasteiger partial charge in [0.15, 0.2) is 11.5 Å². The zero-order valence-electron chi connectivity index (χ0n) is 16.8. The van der Waals surface area contributed by atoms with Crippen molar-refractivity contribution >= 4 is 39.1 Å². The van der Waals surface area contributed by atoms with Crippen molar-refractivity contribution in [2.45, 2.75) is 64.1 Å². The first-order valence-electron chi connectivity index (χ1n) is 10.2. The highest BCUT2D eigenvalue weighted by Crippen LogP contribution is 2.35. The summed E-state index contributed by atoms with van der Waals surface area (Å²) in [5.41, 5.74) is 1.93. The molecule has 0 saturated heterocycles. The van der Waals surface area contributed by atoms with Crippen molar-refractivity contribution in [3.8, 4) is 11.5 Å². The fourth-order valence-corrected chi connectivity index (χ4v) is 4.69. The highest BCUT2D eigenvalue weighted by atomic mass is 79.9. The molecule has 1 fully saturated rings. The third-order valence-corrected chi connectivity index (χ3v) is 6.90. The van der Waals surface area contributed by atoms with E-state index < -0.39 is 0 Å². The van der Waals surface area contributed by atoms with Crippen molar-refractivity contribution in [1.82, 2.24) is 5.32 Å². The van der Waals surface area contributed by atoms with Gasteiger partial charge in [-0.05, 0) is 42.7 Å². The molecule has 0 atom stereocenters. The van der Waals surface area contributed by atoms with Gasteiger partial charge >= 0.3 is 0 Å². The van der Waals surface area contributed by atoms with Crippen LogP contribution in [-0.4, -0.2) is 13.2 Å². The van der Waals surface area contributed by atoms with Gasteiger partial charge in [0, 0.05) is 32.7 Å². The second-order valence-electron chi connectivity index (χ2n) is 7.51. The van der Waals surface area contributed by atoms with Gasteiger partial charge in [0.25, 0.3) is 0 Å². The lowest BCUT2D eigenvalue weighted by atomic mass is 9.96. The van der Waals surface area contributed by atoms with Crippen molar-refractivity contribution in [2.24, 2.45) is 0 Å². The van der Waals surface area contributed by atoms with Crippen LogP contribution in [0.15, 0.2) is 34.8 Å². The number of nitrogens with one attached hydrogen (secondary N) is 1. The van der Waals surface area contributed by atoms with Crippen molar-refractivity contribution in [2.75, 3.05) is 7.11 Å². The minimum absolute atomic E-state index is 0.279. The molecule has 1 saturated carbocycles. The number of benzene rings is 2. The Hall–Kier alpha value is -0.940. The maximum absolute atomic E-state index is 6.25. The normalized spacial score (nSPS) is 15.6. The van der Waals surface area contributed by atoms with Crippen molar-refractivity contribution < 1.29 is 9.47 Å². The zero-order chi connectivity index (χ0) is 20.6. The Morgan fingerprint density at radius 3 is 2.31 bits per heavy atom. The van der Waals surface area contributed by atoms with E-state index in [0.29, 0.717) is 27.6 Å². The summed E-state index contributed by atoms with van der Waals surface area (Å²) in [5, 5.41) is 4.91. The van der Waals surface area contributed by atoms with E-state index in [4.69, 9.17) is 32.7 Å². The number of hydrogen-bond acceptors (Lipinski definition) is 3. The topological polar surface area (TPSA) is 30.5 Å². The SMILES string of the molecule is COc1cc(CNC2CCCCCCC2)c(Br)cc1OCc1c(Cl)cccc1Cl. The summed E-state index contributed by atoms with van der Waals surface area (Å²) in [6.07, 6.45) is 9.26. The number of halogens is 3. The van der Waals surface area contributed by atoms with Gasteiger partial charge in [-0.15, -0.1) is 0 Å². The lowest BCUT2D eigenvalue weighted by molar-refractivity contribution is 0.284. The van der Waals surface area contributed by atoms with Crippen LogP contribution in [0.4, 0.5) is 0 Å². The largest absolute Gasteiger partial charge is 0.493 e. The van der Waals surface area contributed by atoms with Gasteiger partial charge in [0.2, 0.25) is 0 Å². The molecule has 29 heavy (non-hydrogen) atoms. The molecule has 0 unspecified atom stereocenters. The molecule has 2 aromatic rings. The molecule has 1 aliphatic carbocycles. The molecule has 0 heterocycles. The van der Waals surface area contributed by atoms with Crippen LogP contribution in [0.3, 0.4) is 0 Å². The minimum atomic E-state index is 0.279. The van der Waals surface area contributed by atoms with Crippen LogP contribution in [-0.2, 0) is 13.2 Å². The molecular formula is C23H28BrCl2NO2. The van der Waals surface area contributed by atoms with E-state index in [0.717, 1.165) is 22.1 Å². The van der Waals surface area contributed by atoms with E-state index in [1.54, 1.807) is 7.11 Å². The standard InChI is InChI=1S/C23H28BrCl2NO2/c1-28-22-12-16(14-27-17-8-5-3-2-4-6-9-17)19(24)13-23(22)29-15-18-20(25)10-7-11-21(18)26/h7,10-13,17,27H,2-6,8-9,14-15H2,1H3. The molecule has 0 amide bonds. The van der Waals surface area contributed by atoms with Gasteiger partial charge in [0.05, 0.1) is 7.11 Å². The van der Waals surface area contributed by atoms with Gasteiger partial charge in [-0.2, -0.15) is 0 Å². The molecule has 0 bridgehead atoms. The van der Waals surface area contributed by atoms with E-state index in [1.807, 2.05) is 30.3 Å². The summed E-state index contributed by atoms with van der Waals surface area (Å²) in [6.45, 7) is 1.08. The Bertz CT molecular complexity index is 787. The van der Waals surface area contributed by atoms with Crippen LogP contribution < -0.4 is 14.8 Å². The van der Waals surface area contributed by atoms with Crippen molar-refractivity contribution in [3.05, 3.63) is 56.0 Å². The smallest absolute Gasteiger partial charge is 0.162 e. The van der Waals surface area contributed by atoms with Crippen LogP contribution in [0, 0.1) is 0 Å². The van der Waals surface area contributed by atoms with Gasteiger partial charge in [-0.1, -0.05) is 77.3 Å². The summed E-state index contributed by atoms with van der Waals surface area (Å²) in [6, 6.07) is 10.0. The zero-order valence-corrected chi connectivity index (χ0v) is 19.9. The molecule has 1 N–H and O–H groups in total. The molecule has 3 nitrogen and oxygen atoms in total. The van der Waals surface area contributed by atoms with E-state index in [2.05, 4.69) is 21.2 Å². The first kappa shape index (κ1) is 22.7. The summed E-state index contributed by atoms with van der Waals surface area (Å²) >= 11 is 16.2. The fraction of sp³-hybridized carbons (Fsp3) is 0.478. The minimum Gasteiger partial charge on any atom is -0.493 e. The van der Waals surface area contributed by atoms with Crippen LogP contribution in [0.25, 0.3) is 0 Å². The summed E-state index contributed by atoms with van der Waals surface area (Å²) < 4.78 is 12.6. The third kappa shape index (κ3) is 6.52. The third-order valence-electron chi connectivity index (χ3n) is 5.45. The van der Waals surface area contributed by atoms with Gasteiger partial charge in [-0.25, -0.2) is 0 Å². The highest BCUT2D eigenvalue weighted by Gasteiger charge is 2.15. The summed E-state index contributed by atoms with van der Waals surface area (Å²) in [7, 11) is 1.66. The number of hydrogen-bond donors (Lipinski definition) is 1. The number of methoxy groups -OCH3 is 1. The molecule has 0 aromatic heterocycles. The predicted octanol–water partition coefficient (Wildman–Crippen LogP) is 7.55. The van der Waals surface area contributed by atoms with Crippen molar-refractivity contribution in [1.29, 1.82) is 0 Å². The summed E-state index contributed by atoms with van der Waals surface area (Å²) in [4.78, 5) is 0. The van der Waals surface area contributed by atoms with Gasteiger partial charge in [0.1, 0.15) is 6.61 Å². The molecule has 1 aliphatic rings. The average Bonchev–Trinajstić information content (AvgIpc) is 2.68. The Kier molecular flexibility index (Phi) is 8.98. The van der Waals surface area contributed by atoms with E-state index >= 15 is 0 Å². The average molecular weight is 501 g/mol. The molecule has 0 radical (unpaired) electrons. The Morgan fingerprint density at radius 1 is 1.00 bits per heavy atom. The highest BCUT2D eigenvalue weighted by molar-refractivity contribution is 9.10. The van der Waals surface area contributed by atoms with Gasteiger partial charge < -0.3 is 14.8 Å². The Labute approximate surface area is 192 Å². The predicted molar refractivity (Wildman–Crippen MR) is 124 cm³/mol. The monoisotopic (exact) mass is 499 g/mol. The lowest BCUT2D eigenvalue weighted by Gasteiger charge is -2.22. The summed E-state index contributed by atoms with van der Waals surface area (Å²) in [5.74, 6) is 1.36. The fourth-order valence-electron chi connectivity index (χ4n) is 3.72. The van der Waals surface area contributed by atoms with Crippen molar-refractivity contribution in [3.63, 3.8) is 0 Å². The van der Waals surface area contributed by atoms with Crippen LogP contribution in [0.5, 0.6) is 11.5 Å². The van der Waals surface area contributed by atoms with E-state index in [9.17, 15) is 0 Å². The molecular weight excluding hydrogens is 473 g/mol. The lowest BCUT2D eigenvalue weighted by Crippen LogP contribution is -2.29. The Morgan fingerprint density at radius 2 is 1.66 bits per heavy atom. The van der Waals surface area contributed by atoms with Crippen LogP contribution in [0.1, 0.15) is 56.1 Å². The quantitative estimate of drug-likeness (QED) is 0.425. The molecule has 0 aliphatic heterocycles. The maximum Gasteiger partial charge on any atom is 0.162 e. The molecule has 2 aromatic carbocycles. The molecule has 6 heteroatoms. The van der Waals surface area contributed by atoms with Crippen LogP contribution in [0.2, 0.25) is 10.0 Å².